The van der Waals surface area contributed by atoms with Gasteiger partial charge in [-0.3, -0.25) is 4.90 Å². The van der Waals surface area contributed by atoms with Crippen molar-refractivity contribution in [3.05, 3.63) is 99.8 Å². The largest absolute Gasteiger partial charge is 0.289 e. The summed E-state index contributed by atoms with van der Waals surface area (Å²) in [6, 6.07) is 21.2. The van der Waals surface area contributed by atoms with Crippen molar-refractivity contribution in [3.8, 4) is 0 Å². The number of halogens is 3. The van der Waals surface area contributed by atoms with Crippen LogP contribution in [0.3, 0.4) is 0 Å². The molecule has 0 bridgehead atoms. The van der Waals surface area contributed by atoms with Gasteiger partial charge in [-0.25, -0.2) is 17.5 Å². The summed E-state index contributed by atoms with van der Waals surface area (Å²) in [5.41, 5.74) is 2.34. The van der Waals surface area contributed by atoms with E-state index in [9.17, 15) is 12.8 Å². The molecule has 2 atom stereocenters. The molecule has 0 saturated carbocycles. The Hall–Kier alpha value is -1.96. The van der Waals surface area contributed by atoms with E-state index in [1.165, 1.54) is 23.3 Å². The van der Waals surface area contributed by atoms with E-state index in [0.29, 0.717) is 28.5 Å². The van der Waals surface area contributed by atoms with Crippen molar-refractivity contribution in [1.29, 1.82) is 0 Å². The SMILES string of the molecule is CC1C(CCCNS(=O)(=O)c2ccc(F)cc2)CN1C(c1ccc(Cl)cc1)c1ccc(Cl)cc1. The Morgan fingerprint density at radius 3 is 1.97 bits per heavy atom. The van der Waals surface area contributed by atoms with Crippen molar-refractivity contribution in [2.24, 2.45) is 5.92 Å². The van der Waals surface area contributed by atoms with Crippen molar-refractivity contribution in [3.63, 3.8) is 0 Å². The average molecular weight is 521 g/mol. The zero-order valence-corrected chi connectivity index (χ0v) is 21.1. The van der Waals surface area contributed by atoms with Crippen LogP contribution in [0.2, 0.25) is 10.0 Å². The molecule has 0 amide bonds. The van der Waals surface area contributed by atoms with Crippen LogP contribution < -0.4 is 4.72 Å². The molecule has 1 saturated heterocycles. The molecule has 2 unspecified atom stereocenters. The Bertz CT molecular complexity index is 1160. The van der Waals surface area contributed by atoms with Gasteiger partial charge in [0, 0.05) is 29.2 Å². The fourth-order valence-corrected chi connectivity index (χ4v) is 5.85. The summed E-state index contributed by atoms with van der Waals surface area (Å²) in [4.78, 5) is 2.53. The molecule has 3 aromatic carbocycles. The Balaban J connectivity index is 1.36. The molecule has 180 valence electrons. The summed E-state index contributed by atoms with van der Waals surface area (Å²) in [5.74, 6) is 0.00963. The predicted octanol–water partition coefficient (Wildman–Crippen LogP) is 6.30. The first-order valence-electron chi connectivity index (χ1n) is 11.3. The van der Waals surface area contributed by atoms with Gasteiger partial charge in [-0.2, -0.15) is 0 Å². The molecule has 1 N–H and O–H groups in total. The summed E-state index contributed by atoms with van der Waals surface area (Å²) < 4.78 is 40.4. The Kier molecular flexibility index (Phi) is 7.95. The maximum absolute atomic E-state index is 13.1. The lowest BCUT2D eigenvalue weighted by molar-refractivity contribution is -0.00490. The third-order valence-corrected chi connectivity index (χ3v) is 8.50. The van der Waals surface area contributed by atoms with Crippen LogP contribution >= 0.6 is 23.2 Å². The van der Waals surface area contributed by atoms with Gasteiger partial charge in [0.1, 0.15) is 5.82 Å². The van der Waals surface area contributed by atoms with Gasteiger partial charge in [0.2, 0.25) is 10.0 Å². The van der Waals surface area contributed by atoms with E-state index >= 15 is 0 Å². The zero-order chi connectivity index (χ0) is 24.3. The minimum absolute atomic E-state index is 0.0749. The fourth-order valence-electron chi connectivity index (χ4n) is 4.53. The van der Waals surface area contributed by atoms with Crippen molar-refractivity contribution in [2.75, 3.05) is 13.1 Å². The monoisotopic (exact) mass is 520 g/mol. The van der Waals surface area contributed by atoms with E-state index in [2.05, 4.69) is 40.8 Å². The van der Waals surface area contributed by atoms with E-state index in [4.69, 9.17) is 23.2 Å². The number of benzene rings is 3. The summed E-state index contributed by atoms with van der Waals surface area (Å²) in [6.07, 6.45) is 1.65. The van der Waals surface area contributed by atoms with E-state index < -0.39 is 15.8 Å². The molecule has 4 rings (SSSR count). The van der Waals surface area contributed by atoms with E-state index in [1.54, 1.807) is 0 Å². The standard InChI is InChI=1S/C26H27Cl2FN2O2S/c1-18-21(3-2-16-30-34(32,33)25-14-12-24(29)13-15-25)17-31(18)26(19-4-8-22(27)9-5-19)20-6-10-23(28)11-7-20/h4-15,18,21,26,30H,2-3,16-17H2,1H3. The maximum Gasteiger partial charge on any atom is 0.240 e. The van der Waals surface area contributed by atoms with Gasteiger partial charge in [-0.05, 0) is 85.3 Å². The molecule has 3 aromatic rings. The Morgan fingerprint density at radius 2 is 1.47 bits per heavy atom. The van der Waals surface area contributed by atoms with Crippen LogP contribution in [-0.2, 0) is 10.0 Å². The molecule has 8 heteroatoms. The maximum atomic E-state index is 13.1. The molecule has 0 spiro atoms. The Labute approximate surface area is 210 Å². The molecule has 1 aliphatic heterocycles. The van der Waals surface area contributed by atoms with E-state index in [0.717, 1.165) is 31.5 Å². The van der Waals surface area contributed by atoms with Gasteiger partial charge >= 0.3 is 0 Å². The van der Waals surface area contributed by atoms with E-state index in [1.807, 2.05) is 24.3 Å². The summed E-state index contributed by atoms with van der Waals surface area (Å²) in [7, 11) is -3.63. The second-order valence-corrected chi connectivity index (χ2v) is 11.3. The highest BCUT2D eigenvalue weighted by molar-refractivity contribution is 7.89. The Morgan fingerprint density at radius 1 is 0.941 bits per heavy atom. The molecular formula is C26H27Cl2FN2O2S. The average Bonchev–Trinajstić information content (AvgIpc) is 2.82. The molecule has 1 aliphatic rings. The second-order valence-electron chi connectivity index (χ2n) is 8.70. The number of nitrogens with one attached hydrogen (secondary N) is 1. The van der Waals surface area contributed by atoms with Gasteiger partial charge in [0.25, 0.3) is 0 Å². The predicted molar refractivity (Wildman–Crippen MR) is 135 cm³/mol. The summed E-state index contributed by atoms with van der Waals surface area (Å²) in [6.45, 7) is 3.48. The molecule has 0 radical (unpaired) electrons. The number of nitrogens with zero attached hydrogens (tertiary/aromatic N) is 1. The number of rotatable bonds is 9. The smallest absolute Gasteiger partial charge is 0.240 e. The molecule has 1 heterocycles. The van der Waals surface area contributed by atoms with Crippen LogP contribution in [0.1, 0.15) is 36.9 Å². The lowest BCUT2D eigenvalue weighted by Crippen LogP contribution is -2.56. The third-order valence-electron chi connectivity index (χ3n) is 6.52. The first kappa shape index (κ1) is 25.1. The van der Waals surface area contributed by atoms with Crippen molar-refractivity contribution >= 4 is 33.2 Å². The lowest BCUT2D eigenvalue weighted by Gasteiger charge is -2.51. The van der Waals surface area contributed by atoms with Gasteiger partial charge in [-0.1, -0.05) is 47.5 Å². The van der Waals surface area contributed by atoms with Crippen LogP contribution in [0, 0.1) is 11.7 Å². The lowest BCUT2D eigenvalue weighted by atomic mass is 9.81. The van der Waals surface area contributed by atoms with Crippen LogP contribution in [0.4, 0.5) is 4.39 Å². The topological polar surface area (TPSA) is 49.4 Å². The summed E-state index contributed by atoms with van der Waals surface area (Å²) >= 11 is 12.2. The number of hydrogen-bond donors (Lipinski definition) is 1. The number of likely N-dealkylation sites (tertiary alicyclic amines) is 1. The highest BCUT2D eigenvalue weighted by Crippen LogP contribution is 2.40. The molecule has 0 aromatic heterocycles. The first-order valence-corrected chi connectivity index (χ1v) is 13.5. The van der Waals surface area contributed by atoms with Gasteiger partial charge < -0.3 is 0 Å². The van der Waals surface area contributed by atoms with Crippen LogP contribution in [0.25, 0.3) is 0 Å². The highest BCUT2D eigenvalue weighted by Gasteiger charge is 2.40. The minimum atomic E-state index is -3.63. The molecule has 0 aliphatic carbocycles. The van der Waals surface area contributed by atoms with Crippen LogP contribution in [0.15, 0.2) is 77.7 Å². The van der Waals surface area contributed by atoms with Gasteiger partial charge in [0.05, 0.1) is 10.9 Å². The number of sulfonamides is 1. The zero-order valence-electron chi connectivity index (χ0n) is 18.8. The third kappa shape index (κ3) is 5.81. The van der Waals surface area contributed by atoms with Crippen molar-refractivity contribution in [2.45, 2.75) is 36.7 Å². The highest BCUT2D eigenvalue weighted by atomic mass is 35.5. The van der Waals surface area contributed by atoms with E-state index in [-0.39, 0.29) is 10.9 Å². The van der Waals surface area contributed by atoms with Gasteiger partial charge in [-0.15, -0.1) is 0 Å². The molecule has 1 fully saturated rings. The quantitative estimate of drug-likeness (QED) is 0.336. The minimum Gasteiger partial charge on any atom is -0.289 e. The van der Waals surface area contributed by atoms with Crippen molar-refractivity contribution < 1.29 is 12.8 Å². The molecule has 34 heavy (non-hydrogen) atoms. The van der Waals surface area contributed by atoms with Crippen LogP contribution in [0.5, 0.6) is 0 Å². The van der Waals surface area contributed by atoms with Crippen LogP contribution in [-0.4, -0.2) is 32.4 Å². The van der Waals surface area contributed by atoms with Gasteiger partial charge in [0.15, 0.2) is 0 Å². The number of hydrogen-bond acceptors (Lipinski definition) is 3. The second kappa shape index (κ2) is 10.8. The first-order chi connectivity index (χ1) is 16.2. The fraction of sp³-hybridized carbons (Fsp3) is 0.308. The van der Waals surface area contributed by atoms with Crippen molar-refractivity contribution in [1.82, 2.24) is 9.62 Å². The molecule has 4 nitrogen and oxygen atoms in total. The normalized spacial score (nSPS) is 18.7. The molecular weight excluding hydrogens is 494 g/mol. The summed E-state index contributed by atoms with van der Waals surface area (Å²) in [5, 5.41) is 1.41.